The quantitative estimate of drug-likeness (QED) is 0.741. The Morgan fingerprint density at radius 1 is 1.00 bits per heavy atom. The molecule has 0 spiro atoms. The first-order valence-electron chi connectivity index (χ1n) is 10.2. The van der Waals surface area contributed by atoms with Gasteiger partial charge in [-0.05, 0) is 48.4 Å². The van der Waals surface area contributed by atoms with E-state index in [4.69, 9.17) is 9.47 Å². The van der Waals surface area contributed by atoms with Crippen molar-refractivity contribution in [2.45, 2.75) is 25.8 Å². The van der Waals surface area contributed by atoms with Gasteiger partial charge in [-0.3, -0.25) is 9.69 Å². The average Bonchev–Trinajstić information content (AvgIpc) is 2.74. The van der Waals surface area contributed by atoms with Gasteiger partial charge < -0.3 is 14.4 Å². The first kappa shape index (κ1) is 21.2. The predicted molar refractivity (Wildman–Crippen MR) is 116 cm³/mol. The van der Waals surface area contributed by atoms with E-state index in [1.807, 2.05) is 41.3 Å². The third-order valence-electron chi connectivity index (χ3n) is 5.85. The summed E-state index contributed by atoms with van der Waals surface area (Å²) in [5.41, 5.74) is 2.22. The summed E-state index contributed by atoms with van der Waals surface area (Å²) in [7, 11) is 5.46. The number of benzene rings is 2. The van der Waals surface area contributed by atoms with Crippen LogP contribution >= 0.6 is 0 Å². The highest BCUT2D eigenvalue weighted by atomic mass is 16.5. The molecule has 1 aliphatic rings. The number of carbonyl (C=O) groups excluding carboxylic acids is 1. The fourth-order valence-corrected chi connectivity index (χ4v) is 4.10. The molecule has 0 aliphatic carbocycles. The van der Waals surface area contributed by atoms with Crippen molar-refractivity contribution in [3.05, 3.63) is 59.7 Å². The largest absolute Gasteiger partial charge is 0.497 e. The lowest BCUT2D eigenvalue weighted by Crippen LogP contribution is -2.50. The monoisotopic (exact) mass is 396 g/mol. The van der Waals surface area contributed by atoms with Crippen molar-refractivity contribution >= 4 is 5.91 Å². The number of carbonyl (C=O) groups is 1. The molecule has 1 aliphatic heterocycles. The highest BCUT2D eigenvalue weighted by Gasteiger charge is 2.34. The fraction of sp³-hybridized carbons (Fsp3) is 0.458. The average molecular weight is 397 g/mol. The number of likely N-dealkylation sites (N-methyl/N-ethyl adjacent to an activating group) is 1. The van der Waals surface area contributed by atoms with Crippen LogP contribution in [0.5, 0.6) is 11.5 Å². The number of hydrogen-bond acceptors (Lipinski definition) is 4. The van der Waals surface area contributed by atoms with E-state index in [-0.39, 0.29) is 23.8 Å². The molecule has 0 bridgehead atoms. The van der Waals surface area contributed by atoms with Crippen LogP contribution in [-0.4, -0.2) is 56.6 Å². The number of ether oxygens (including phenoxy) is 2. The van der Waals surface area contributed by atoms with Gasteiger partial charge in [-0.1, -0.05) is 38.1 Å². The second-order valence-corrected chi connectivity index (χ2v) is 8.05. The van der Waals surface area contributed by atoms with Gasteiger partial charge in [0.1, 0.15) is 11.5 Å². The van der Waals surface area contributed by atoms with Crippen molar-refractivity contribution in [3.63, 3.8) is 0 Å². The van der Waals surface area contributed by atoms with Gasteiger partial charge in [-0.2, -0.15) is 0 Å². The van der Waals surface area contributed by atoms with Crippen molar-refractivity contribution in [2.24, 2.45) is 5.92 Å². The Balaban J connectivity index is 1.82. The SMILES string of the molecule is COc1ccc(C(C(=O)N2CCN(C)C(c3cccc(OC)c3)C2)C(C)C)cc1. The molecule has 2 aromatic carbocycles. The molecule has 2 atom stereocenters. The Morgan fingerprint density at radius 2 is 1.69 bits per heavy atom. The van der Waals surface area contributed by atoms with Crippen LogP contribution in [0.2, 0.25) is 0 Å². The maximum atomic E-state index is 13.6. The molecule has 1 amide bonds. The molecule has 0 saturated carbocycles. The van der Waals surface area contributed by atoms with Crippen LogP contribution in [-0.2, 0) is 4.79 Å². The maximum Gasteiger partial charge on any atom is 0.230 e. The lowest BCUT2D eigenvalue weighted by Gasteiger charge is -2.41. The van der Waals surface area contributed by atoms with Gasteiger partial charge in [0, 0.05) is 19.6 Å². The summed E-state index contributed by atoms with van der Waals surface area (Å²) >= 11 is 0. The molecule has 0 radical (unpaired) electrons. The summed E-state index contributed by atoms with van der Waals surface area (Å²) in [6.07, 6.45) is 0. The van der Waals surface area contributed by atoms with Gasteiger partial charge >= 0.3 is 0 Å². The molecule has 1 heterocycles. The highest BCUT2D eigenvalue weighted by molar-refractivity contribution is 5.84. The predicted octanol–water partition coefficient (Wildman–Crippen LogP) is 3.96. The van der Waals surface area contributed by atoms with Crippen LogP contribution in [0.3, 0.4) is 0 Å². The maximum absolute atomic E-state index is 13.6. The number of amides is 1. The zero-order valence-electron chi connectivity index (χ0n) is 18.1. The molecule has 3 rings (SSSR count). The number of nitrogens with zero attached hydrogens (tertiary/aromatic N) is 2. The number of piperazine rings is 1. The van der Waals surface area contributed by atoms with Crippen LogP contribution in [0, 0.1) is 5.92 Å². The van der Waals surface area contributed by atoms with Crippen molar-refractivity contribution in [3.8, 4) is 11.5 Å². The van der Waals surface area contributed by atoms with Gasteiger partial charge in [-0.15, -0.1) is 0 Å². The van der Waals surface area contributed by atoms with Crippen LogP contribution in [0.15, 0.2) is 48.5 Å². The van der Waals surface area contributed by atoms with Crippen molar-refractivity contribution in [1.29, 1.82) is 0 Å². The summed E-state index contributed by atoms with van der Waals surface area (Å²) in [5, 5.41) is 0. The second-order valence-electron chi connectivity index (χ2n) is 8.05. The van der Waals surface area contributed by atoms with Gasteiger partial charge in [-0.25, -0.2) is 0 Å². The van der Waals surface area contributed by atoms with Gasteiger partial charge in [0.2, 0.25) is 5.91 Å². The van der Waals surface area contributed by atoms with E-state index in [1.54, 1.807) is 14.2 Å². The van der Waals surface area contributed by atoms with E-state index in [1.165, 1.54) is 5.56 Å². The lowest BCUT2D eigenvalue weighted by atomic mass is 9.86. The molecule has 2 unspecified atom stereocenters. The molecule has 1 saturated heterocycles. The van der Waals surface area contributed by atoms with E-state index in [2.05, 4.69) is 37.9 Å². The summed E-state index contributed by atoms with van der Waals surface area (Å²) in [4.78, 5) is 17.9. The molecule has 156 valence electrons. The molecule has 5 heteroatoms. The van der Waals surface area contributed by atoms with Gasteiger partial charge in [0.15, 0.2) is 0 Å². The normalized spacial score (nSPS) is 18.6. The molecular weight excluding hydrogens is 364 g/mol. The third-order valence-corrected chi connectivity index (χ3v) is 5.85. The minimum absolute atomic E-state index is 0.157. The van der Waals surface area contributed by atoms with E-state index in [0.717, 1.165) is 30.2 Å². The van der Waals surface area contributed by atoms with Crippen LogP contribution in [0.25, 0.3) is 0 Å². The van der Waals surface area contributed by atoms with Crippen LogP contribution in [0.1, 0.15) is 36.9 Å². The summed E-state index contributed by atoms with van der Waals surface area (Å²) in [6.45, 7) is 6.50. The van der Waals surface area contributed by atoms with E-state index in [9.17, 15) is 4.79 Å². The lowest BCUT2D eigenvalue weighted by molar-refractivity contribution is -0.136. The summed E-state index contributed by atoms with van der Waals surface area (Å²) < 4.78 is 10.7. The van der Waals surface area contributed by atoms with E-state index in [0.29, 0.717) is 6.54 Å². The first-order chi connectivity index (χ1) is 13.9. The zero-order chi connectivity index (χ0) is 21.0. The van der Waals surface area contributed by atoms with Crippen molar-refractivity contribution in [1.82, 2.24) is 9.80 Å². The molecule has 1 fully saturated rings. The van der Waals surface area contributed by atoms with Crippen LogP contribution in [0.4, 0.5) is 0 Å². The Bertz CT molecular complexity index is 819. The Labute approximate surface area is 174 Å². The van der Waals surface area contributed by atoms with E-state index < -0.39 is 0 Å². The first-order valence-corrected chi connectivity index (χ1v) is 10.2. The fourth-order valence-electron chi connectivity index (χ4n) is 4.10. The van der Waals surface area contributed by atoms with Gasteiger partial charge in [0.25, 0.3) is 0 Å². The van der Waals surface area contributed by atoms with Crippen molar-refractivity contribution < 1.29 is 14.3 Å². The number of rotatable bonds is 6. The molecule has 0 N–H and O–H groups in total. The Morgan fingerprint density at radius 3 is 2.31 bits per heavy atom. The third kappa shape index (κ3) is 4.73. The van der Waals surface area contributed by atoms with Gasteiger partial charge in [0.05, 0.1) is 26.2 Å². The number of hydrogen-bond donors (Lipinski definition) is 0. The Kier molecular flexibility index (Phi) is 6.80. The zero-order valence-corrected chi connectivity index (χ0v) is 18.1. The molecule has 2 aromatic rings. The Hall–Kier alpha value is -2.53. The second kappa shape index (κ2) is 9.31. The molecule has 5 nitrogen and oxygen atoms in total. The summed E-state index contributed by atoms with van der Waals surface area (Å²) in [5.74, 6) is 1.91. The smallest absolute Gasteiger partial charge is 0.230 e. The van der Waals surface area contributed by atoms with Crippen LogP contribution < -0.4 is 9.47 Å². The minimum atomic E-state index is -0.157. The molecular formula is C24H32N2O3. The van der Waals surface area contributed by atoms with E-state index >= 15 is 0 Å². The summed E-state index contributed by atoms with van der Waals surface area (Å²) in [6, 6.07) is 16.2. The topological polar surface area (TPSA) is 42.0 Å². The minimum Gasteiger partial charge on any atom is -0.497 e. The number of methoxy groups -OCH3 is 2. The highest BCUT2D eigenvalue weighted by Crippen LogP contribution is 2.32. The molecule has 0 aromatic heterocycles. The van der Waals surface area contributed by atoms with Crippen molar-refractivity contribution in [2.75, 3.05) is 40.9 Å². The standard InChI is InChI=1S/C24H32N2O3/c1-17(2)23(18-9-11-20(28-4)12-10-18)24(27)26-14-13-25(3)22(16-26)19-7-6-8-21(15-19)29-5/h6-12,15,17,22-23H,13-14,16H2,1-5H3. The molecule has 29 heavy (non-hydrogen) atoms.